The molecule has 0 aliphatic heterocycles. The second-order valence-electron chi connectivity index (χ2n) is 3.68. The van der Waals surface area contributed by atoms with Crippen LogP contribution in [0.3, 0.4) is 0 Å². The highest BCUT2D eigenvalue weighted by molar-refractivity contribution is 7.98. The van der Waals surface area contributed by atoms with E-state index in [1.807, 2.05) is 0 Å². The number of rotatable bonds is 4. The van der Waals surface area contributed by atoms with Gasteiger partial charge in [-0.2, -0.15) is 0 Å². The fourth-order valence-corrected chi connectivity index (χ4v) is 1.86. The van der Waals surface area contributed by atoms with E-state index in [1.165, 1.54) is 16.0 Å². The van der Waals surface area contributed by atoms with Crippen LogP contribution in [0.5, 0.6) is 0 Å². The lowest BCUT2D eigenvalue weighted by molar-refractivity contribution is 0.0644. The highest BCUT2D eigenvalue weighted by atomic mass is 32.2. The lowest BCUT2D eigenvalue weighted by atomic mass is 10.1. The van der Waals surface area contributed by atoms with E-state index in [9.17, 15) is 0 Å². The molecule has 0 aliphatic rings. The van der Waals surface area contributed by atoms with E-state index in [4.69, 9.17) is 4.74 Å². The number of benzene rings is 1. The quantitative estimate of drug-likeness (QED) is 0.702. The summed E-state index contributed by atoms with van der Waals surface area (Å²) in [4.78, 5) is 1.32. The molecule has 0 saturated carbocycles. The zero-order valence-electron chi connectivity index (χ0n) is 9.33. The van der Waals surface area contributed by atoms with Gasteiger partial charge >= 0.3 is 0 Å². The molecule has 0 saturated heterocycles. The van der Waals surface area contributed by atoms with Crippen molar-refractivity contribution in [2.75, 3.05) is 6.26 Å². The summed E-state index contributed by atoms with van der Waals surface area (Å²) in [6, 6.07) is 6.51. The Bertz CT molecular complexity index is 294. The molecule has 0 aromatic heterocycles. The first-order valence-electron chi connectivity index (χ1n) is 4.88. The molecule has 0 spiro atoms. The Balaban J connectivity index is 2.77. The summed E-state index contributed by atoms with van der Waals surface area (Å²) in [7, 11) is 0. The Morgan fingerprint density at radius 3 is 2.64 bits per heavy atom. The molecule has 78 valence electrons. The van der Waals surface area contributed by atoms with Crippen molar-refractivity contribution in [3.8, 4) is 0 Å². The smallest absolute Gasteiger partial charge is 0.0731 e. The summed E-state index contributed by atoms with van der Waals surface area (Å²) >= 11 is 1.78. The van der Waals surface area contributed by atoms with E-state index in [0.717, 1.165) is 6.61 Å². The second kappa shape index (κ2) is 5.42. The molecule has 0 N–H and O–H groups in total. The zero-order valence-corrected chi connectivity index (χ0v) is 10.1. The average molecular weight is 210 g/mol. The summed E-state index contributed by atoms with van der Waals surface area (Å²) < 4.78 is 5.61. The van der Waals surface area contributed by atoms with Gasteiger partial charge < -0.3 is 4.74 Å². The van der Waals surface area contributed by atoms with Crippen molar-refractivity contribution in [1.82, 2.24) is 0 Å². The van der Waals surface area contributed by atoms with Gasteiger partial charge in [0.05, 0.1) is 12.7 Å². The Morgan fingerprint density at radius 1 is 1.36 bits per heavy atom. The SMILES string of the molecule is CSc1ccc(C)cc1COC(C)C. The van der Waals surface area contributed by atoms with Crippen LogP contribution in [-0.2, 0) is 11.3 Å². The van der Waals surface area contributed by atoms with Crippen molar-refractivity contribution in [2.24, 2.45) is 0 Å². The first-order valence-corrected chi connectivity index (χ1v) is 6.11. The van der Waals surface area contributed by atoms with Crippen molar-refractivity contribution in [3.63, 3.8) is 0 Å². The third-order valence-corrected chi connectivity index (χ3v) is 2.85. The molecule has 0 fully saturated rings. The molecule has 0 bridgehead atoms. The number of ether oxygens (including phenoxy) is 1. The molecule has 0 amide bonds. The Kier molecular flexibility index (Phi) is 4.49. The van der Waals surface area contributed by atoms with Crippen molar-refractivity contribution in [2.45, 2.75) is 38.4 Å². The minimum absolute atomic E-state index is 0.296. The minimum Gasteiger partial charge on any atom is -0.374 e. The van der Waals surface area contributed by atoms with Gasteiger partial charge in [0, 0.05) is 4.90 Å². The molecule has 1 rings (SSSR count). The van der Waals surface area contributed by atoms with Crippen LogP contribution in [0.1, 0.15) is 25.0 Å². The normalized spacial score (nSPS) is 10.9. The number of hydrogen-bond acceptors (Lipinski definition) is 2. The largest absolute Gasteiger partial charge is 0.374 e. The molecule has 0 heterocycles. The van der Waals surface area contributed by atoms with Gasteiger partial charge in [-0.05, 0) is 38.7 Å². The van der Waals surface area contributed by atoms with E-state index < -0.39 is 0 Å². The summed E-state index contributed by atoms with van der Waals surface area (Å²) in [5.74, 6) is 0. The lowest BCUT2D eigenvalue weighted by Gasteiger charge is -2.11. The molecule has 2 heteroatoms. The Morgan fingerprint density at radius 2 is 2.07 bits per heavy atom. The van der Waals surface area contributed by atoms with Gasteiger partial charge in [-0.1, -0.05) is 17.7 Å². The van der Waals surface area contributed by atoms with Gasteiger partial charge in [0.15, 0.2) is 0 Å². The molecular weight excluding hydrogens is 192 g/mol. The maximum atomic E-state index is 5.61. The van der Waals surface area contributed by atoms with Gasteiger partial charge in [-0.3, -0.25) is 0 Å². The van der Waals surface area contributed by atoms with E-state index >= 15 is 0 Å². The van der Waals surface area contributed by atoms with Gasteiger partial charge in [0.25, 0.3) is 0 Å². The van der Waals surface area contributed by atoms with Crippen LogP contribution in [0.25, 0.3) is 0 Å². The van der Waals surface area contributed by atoms with E-state index in [0.29, 0.717) is 6.10 Å². The number of aryl methyl sites for hydroxylation is 1. The lowest BCUT2D eigenvalue weighted by Crippen LogP contribution is -2.03. The van der Waals surface area contributed by atoms with Gasteiger partial charge in [-0.15, -0.1) is 11.8 Å². The monoisotopic (exact) mass is 210 g/mol. The molecule has 1 nitrogen and oxygen atoms in total. The fraction of sp³-hybridized carbons (Fsp3) is 0.500. The van der Waals surface area contributed by atoms with Gasteiger partial charge in [0.2, 0.25) is 0 Å². The zero-order chi connectivity index (χ0) is 10.6. The van der Waals surface area contributed by atoms with Crippen molar-refractivity contribution in [1.29, 1.82) is 0 Å². The highest BCUT2D eigenvalue weighted by Gasteiger charge is 2.03. The topological polar surface area (TPSA) is 9.23 Å². The second-order valence-corrected chi connectivity index (χ2v) is 4.52. The summed E-state index contributed by atoms with van der Waals surface area (Å²) in [5.41, 5.74) is 2.59. The van der Waals surface area contributed by atoms with Crippen LogP contribution in [0.2, 0.25) is 0 Å². The predicted molar refractivity (Wildman–Crippen MR) is 62.9 cm³/mol. The van der Waals surface area contributed by atoms with Gasteiger partial charge in [0.1, 0.15) is 0 Å². The van der Waals surface area contributed by atoms with E-state index in [1.54, 1.807) is 11.8 Å². The Hall–Kier alpha value is -0.470. The molecule has 0 atom stereocenters. The maximum Gasteiger partial charge on any atom is 0.0731 e. The van der Waals surface area contributed by atoms with Crippen molar-refractivity contribution < 1.29 is 4.74 Å². The van der Waals surface area contributed by atoms with Crippen molar-refractivity contribution >= 4 is 11.8 Å². The van der Waals surface area contributed by atoms with Crippen LogP contribution in [0.15, 0.2) is 23.1 Å². The van der Waals surface area contributed by atoms with Crippen LogP contribution >= 0.6 is 11.8 Å². The van der Waals surface area contributed by atoms with Crippen LogP contribution in [0, 0.1) is 6.92 Å². The third-order valence-electron chi connectivity index (χ3n) is 2.01. The van der Waals surface area contributed by atoms with Crippen LogP contribution in [0.4, 0.5) is 0 Å². The highest BCUT2D eigenvalue weighted by Crippen LogP contribution is 2.22. The first kappa shape index (κ1) is 11.6. The molecule has 0 unspecified atom stereocenters. The standard InChI is InChI=1S/C12H18OS/c1-9(2)13-8-11-7-10(3)5-6-12(11)14-4/h5-7,9H,8H2,1-4H3. The molecule has 1 aromatic carbocycles. The molecule has 0 aliphatic carbocycles. The molecule has 14 heavy (non-hydrogen) atoms. The molecule has 1 aromatic rings. The first-order chi connectivity index (χ1) is 6.63. The maximum absolute atomic E-state index is 5.61. The fourth-order valence-electron chi connectivity index (χ4n) is 1.28. The minimum atomic E-state index is 0.296. The van der Waals surface area contributed by atoms with E-state index in [2.05, 4.69) is 45.2 Å². The van der Waals surface area contributed by atoms with Crippen LogP contribution in [-0.4, -0.2) is 12.4 Å². The average Bonchev–Trinajstić information content (AvgIpc) is 2.15. The number of hydrogen-bond donors (Lipinski definition) is 0. The predicted octanol–water partition coefficient (Wildman–Crippen LogP) is 3.64. The summed E-state index contributed by atoms with van der Waals surface area (Å²) in [6.07, 6.45) is 2.40. The molecular formula is C12H18OS. The Labute approximate surface area is 90.9 Å². The summed E-state index contributed by atoms with van der Waals surface area (Å²) in [5, 5.41) is 0. The van der Waals surface area contributed by atoms with Gasteiger partial charge in [-0.25, -0.2) is 0 Å². The van der Waals surface area contributed by atoms with E-state index in [-0.39, 0.29) is 0 Å². The summed E-state index contributed by atoms with van der Waals surface area (Å²) in [6.45, 7) is 6.96. The third kappa shape index (κ3) is 3.35. The van der Waals surface area contributed by atoms with Crippen molar-refractivity contribution in [3.05, 3.63) is 29.3 Å². The van der Waals surface area contributed by atoms with Crippen LogP contribution < -0.4 is 0 Å². The number of thioether (sulfide) groups is 1. The molecule has 0 radical (unpaired) electrons.